The molecule has 0 aliphatic heterocycles. The SMILES string of the molecule is CC(C)CCCCCCCOC(=O)c1ccccc1C(=O)OC1CCCCC1. The molecule has 4 nitrogen and oxygen atoms in total. The second-order valence-corrected chi connectivity index (χ2v) is 8.30. The van der Waals surface area contributed by atoms with Gasteiger partial charge >= 0.3 is 11.9 Å². The van der Waals surface area contributed by atoms with Crippen LogP contribution in [0.3, 0.4) is 0 Å². The molecule has 0 spiro atoms. The molecule has 1 saturated carbocycles. The van der Waals surface area contributed by atoms with Crippen LogP contribution in [0.1, 0.15) is 105 Å². The summed E-state index contributed by atoms with van der Waals surface area (Å²) in [6.45, 7) is 4.90. The van der Waals surface area contributed by atoms with Gasteiger partial charge in [-0.05, 0) is 50.2 Å². The summed E-state index contributed by atoms with van der Waals surface area (Å²) in [6.07, 6.45) is 12.1. The zero-order valence-corrected chi connectivity index (χ0v) is 17.6. The Bertz CT molecular complexity index is 602. The fourth-order valence-corrected chi connectivity index (χ4v) is 3.66. The summed E-state index contributed by atoms with van der Waals surface area (Å²) in [5.74, 6) is -0.0774. The number of hydrogen-bond acceptors (Lipinski definition) is 4. The minimum Gasteiger partial charge on any atom is -0.462 e. The van der Waals surface area contributed by atoms with Crippen LogP contribution in [0.15, 0.2) is 24.3 Å². The van der Waals surface area contributed by atoms with E-state index in [0.717, 1.165) is 44.4 Å². The van der Waals surface area contributed by atoms with Gasteiger partial charge in [0.05, 0.1) is 17.7 Å². The summed E-state index contributed by atoms with van der Waals surface area (Å²) >= 11 is 0. The Hall–Kier alpha value is -1.84. The Labute approximate surface area is 170 Å². The first-order valence-corrected chi connectivity index (χ1v) is 11.0. The van der Waals surface area contributed by atoms with Crippen molar-refractivity contribution in [1.82, 2.24) is 0 Å². The van der Waals surface area contributed by atoms with Crippen molar-refractivity contribution in [2.45, 2.75) is 90.6 Å². The molecular formula is C24H36O4. The molecule has 0 aromatic heterocycles. The molecule has 1 fully saturated rings. The van der Waals surface area contributed by atoms with E-state index < -0.39 is 11.9 Å². The van der Waals surface area contributed by atoms with Gasteiger partial charge in [0.15, 0.2) is 0 Å². The minimum absolute atomic E-state index is 0.0268. The van der Waals surface area contributed by atoms with Crippen LogP contribution in [0.2, 0.25) is 0 Å². The predicted molar refractivity (Wildman–Crippen MR) is 112 cm³/mol. The second kappa shape index (κ2) is 12.6. The summed E-state index contributed by atoms with van der Waals surface area (Å²) in [7, 11) is 0. The highest BCUT2D eigenvalue weighted by Crippen LogP contribution is 2.22. The fraction of sp³-hybridized carbons (Fsp3) is 0.667. The van der Waals surface area contributed by atoms with Crippen LogP contribution in [0, 0.1) is 5.92 Å². The molecule has 28 heavy (non-hydrogen) atoms. The Balaban J connectivity index is 1.74. The van der Waals surface area contributed by atoms with Crippen molar-refractivity contribution in [3.05, 3.63) is 35.4 Å². The molecule has 156 valence electrons. The lowest BCUT2D eigenvalue weighted by Gasteiger charge is -2.22. The smallest absolute Gasteiger partial charge is 0.339 e. The number of ether oxygens (including phenoxy) is 2. The number of unbranched alkanes of at least 4 members (excludes halogenated alkanes) is 4. The first-order chi connectivity index (χ1) is 13.6. The van der Waals surface area contributed by atoms with Crippen molar-refractivity contribution < 1.29 is 19.1 Å². The Kier molecular flexibility index (Phi) is 10.1. The number of carbonyl (C=O) groups excluding carboxylic acids is 2. The molecule has 0 heterocycles. The van der Waals surface area contributed by atoms with Crippen LogP contribution < -0.4 is 0 Å². The molecule has 0 saturated heterocycles. The van der Waals surface area contributed by atoms with E-state index in [9.17, 15) is 9.59 Å². The predicted octanol–water partition coefficient (Wildman–Crippen LogP) is 6.33. The highest BCUT2D eigenvalue weighted by atomic mass is 16.5. The molecule has 0 atom stereocenters. The maximum atomic E-state index is 12.5. The van der Waals surface area contributed by atoms with Gasteiger partial charge in [-0.3, -0.25) is 0 Å². The average Bonchev–Trinajstić information content (AvgIpc) is 2.70. The molecule has 2 rings (SSSR count). The Morgan fingerprint density at radius 1 is 0.893 bits per heavy atom. The third-order valence-electron chi connectivity index (χ3n) is 5.35. The van der Waals surface area contributed by atoms with Crippen LogP contribution in [-0.4, -0.2) is 24.6 Å². The molecule has 1 aromatic carbocycles. The van der Waals surface area contributed by atoms with Crippen molar-refractivity contribution >= 4 is 11.9 Å². The van der Waals surface area contributed by atoms with E-state index in [1.165, 1.54) is 32.1 Å². The highest BCUT2D eigenvalue weighted by Gasteiger charge is 2.23. The maximum Gasteiger partial charge on any atom is 0.339 e. The molecule has 0 radical (unpaired) electrons. The van der Waals surface area contributed by atoms with Crippen molar-refractivity contribution in [3.8, 4) is 0 Å². The quantitative estimate of drug-likeness (QED) is 0.328. The topological polar surface area (TPSA) is 52.6 Å². The summed E-state index contributed by atoms with van der Waals surface area (Å²) in [5.41, 5.74) is 0.618. The van der Waals surface area contributed by atoms with Crippen molar-refractivity contribution in [2.75, 3.05) is 6.61 Å². The van der Waals surface area contributed by atoms with Crippen molar-refractivity contribution in [2.24, 2.45) is 5.92 Å². The van der Waals surface area contributed by atoms with Gasteiger partial charge in [0.1, 0.15) is 6.10 Å². The van der Waals surface area contributed by atoms with Gasteiger partial charge in [-0.15, -0.1) is 0 Å². The third kappa shape index (κ3) is 8.04. The number of carbonyl (C=O) groups is 2. The molecule has 0 unspecified atom stereocenters. The van der Waals surface area contributed by atoms with E-state index in [2.05, 4.69) is 13.8 Å². The monoisotopic (exact) mass is 388 g/mol. The Morgan fingerprint density at radius 3 is 2.18 bits per heavy atom. The van der Waals surface area contributed by atoms with Gasteiger partial charge < -0.3 is 9.47 Å². The van der Waals surface area contributed by atoms with E-state index in [1.807, 2.05) is 0 Å². The molecule has 1 aromatic rings. The lowest BCUT2D eigenvalue weighted by atomic mass is 9.97. The normalized spacial score (nSPS) is 14.8. The molecule has 1 aliphatic carbocycles. The van der Waals surface area contributed by atoms with E-state index in [4.69, 9.17) is 9.47 Å². The first-order valence-electron chi connectivity index (χ1n) is 11.0. The van der Waals surface area contributed by atoms with Gasteiger partial charge in [0, 0.05) is 0 Å². The summed E-state index contributed by atoms with van der Waals surface area (Å²) in [5, 5.41) is 0. The largest absolute Gasteiger partial charge is 0.462 e. The standard InChI is InChI=1S/C24H36O4/c1-19(2)13-7-4-3-5-12-18-27-23(25)21-16-10-11-17-22(21)24(26)28-20-14-8-6-9-15-20/h10-11,16-17,19-20H,3-9,12-15,18H2,1-2H3. The summed E-state index contributed by atoms with van der Waals surface area (Å²) in [4.78, 5) is 25.0. The lowest BCUT2D eigenvalue weighted by Crippen LogP contribution is -2.22. The van der Waals surface area contributed by atoms with Gasteiger partial charge in [0.2, 0.25) is 0 Å². The molecule has 0 N–H and O–H groups in total. The average molecular weight is 389 g/mol. The molecule has 4 heteroatoms. The van der Waals surface area contributed by atoms with Gasteiger partial charge in [-0.2, -0.15) is 0 Å². The first kappa shape index (κ1) is 22.4. The number of hydrogen-bond donors (Lipinski definition) is 0. The second-order valence-electron chi connectivity index (χ2n) is 8.30. The number of esters is 2. The van der Waals surface area contributed by atoms with E-state index in [1.54, 1.807) is 24.3 Å². The summed E-state index contributed by atoms with van der Waals surface area (Å²) < 4.78 is 11.0. The molecular weight excluding hydrogens is 352 g/mol. The zero-order valence-electron chi connectivity index (χ0n) is 17.6. The lowest BCUT2D eigenvalue weighted by molar-refractivity contribution is 0.0203. The minimum atomic E-state index is -0.434. The van der Waals surface area contributed by atoms with Crippen LogP contribution >= 0.6 is 0 Å². The van der Waals surface area contributed by atoms with Gasteiger partial charge in [0.25, 0.3) is 0 Å². The van der Waals surface area contributed by atoms with Crippen LogP contribution in [0.5, 0.6) is 0 Å². The van der Waals surface area contributed by atoms with Crippen molar-refractivity contribution in [1.29, 1.82) is 0 Å². The highest BCUT2D eigenvalue weighted by molar-refractivity contribution is 6.03. The summed E-state index contributed by atoms with van der Waals surface area (Å²) in [6, 6.07) is 6.80. The molecule has 1 aliphatic rings. The zero-order chi connectivity index (χ0) is 20.2. The van der Waals surface area contributed by atoms with Gasteiger partial charge in [-0.25, -0.2) is 9.59 Å². The third-order valence-corrected chi connectivity index (χ3v) is 5.35. The molecule has 0 bridgehead atoms. The van der Waals surface area contributed by atoms with Crippen molar-refractivity contribution in [3.63, 3.8) is 0 Å². The van der Waals surface area contributed by atoms with Crippen LogP contribution in [0.25, 0.3) is 0 Å². The molecule has 0 amide bonds. The Morgan fingerprint density at radius 2 is 1.50 bits per heavy atom. The van der Waals surface area contributed by atoms with Crippen LogP contribution in [0.4, 0.5) is 0 Å². The number of benzene rings is 1. The van der Waals surface area contributed by atoms with E-state index in [-0.39, 0.29) is 6.10 Å². The van der Waals surface area contributed by atoms with Crippen LogP contribution in [-0.2, 0) is 9.47 Å². The van der Waals surface area contributed by atoms with Gasteiger partial charge in [-0.1, -0.05) is 64.5 Å². The van der Waals surface area contributed by atoms with E-state index in [0.29, 0.717) is 17.7 Å². The van der Waals surface area contributed by atoms with E-state index >= 15 is 0 Å². The fourth-order valence-electron chi connectivity index (χ4n) is 3.66. The maximum absolute atomic E-state index is 12.5. The number of rotatable bonds is 11.